The third kappa shape index (κ3) is 4.88. The van der Waals surface area contributed by atoms with Gasteiger partial charge in [-0.3, -0.25) is 9.78 Å². The van der Waals surface area contributed by atoms with Crippen molar-refractivity contribution in [2.45, 2.75) is 19.3 Å². The van der Waals surface area contributed by atoms with Gasteiger partial charge in [-0.1, -0.05) is 30.3 Å². The number of benzene rings is 1. The Bertz CT molecular complexity index is 866. The summed E-state index contributed by atoms with van der Waals surface area (Å²) in [5.41, 5.74) is 1.19. The van der Waals surface area contributed by atoms with Gasteiger partial charge in [-0.25, -0.2) is 4.98 Å². The fraction of sp³-hybridized carbons (Fsp3) is 0.318. The zero-order chi connectivity index (χ0) is 20.7. The number of ether oxygens (including phenoxy) is 2. The number of pyridine rings is 1. The molecule has 3 rings (SSSR count). The molecule has 0 aliphatic rings. The van der Waals surface area contributed by atoms with Crippen molar-refractivity contribution in [3.63, 3.8) is 0 Å². The number of carbonyl (C=O) groups excluding carboxylic acids is 1. The number of aliphatic hydroxyl groups is 1. The smallest absolute Gasteiger partial charge is 0.321 e. The molecule has 2 heterocycles. The first-order valence-corrected chi connectivity index (χ1v) is 9.37. The van der Waals surface area contributed by atoms with Crippen LogP contribution in [0.5, 0.6) is 0 Å². The number of hydrogen-bond donors (Lipinski definition) is 1. The van der Waals surface area contributed by atoms with Crippen LogP contribution in [0.2, 0.25) is 0 Å². The van der Waals surface area contributed by atoms with E-state index in [1.807, 2.05) is 42.5 Å². The summed E-state index contributed by atoms with van der Waals surface area (Å²) in [6, 6.07) is 13.3. The highest BCUT2D eigenvalue weighted by Crippen LogP contribution is 2.36. The molecule has 3 aromatic rings. The van der Waals surface area contributed by atoms with Crippen molar-refractivity contribution in [2.24, 2.45) is 0 Å². The average Bonchev–Trinajstić information content (AvgIpc) is 3.21. The van der Waals surface area contributed by atoms with Gasteiger partial charge >= 0.3 is 5.97 Å². The lowest BCUT2D eigenvalue weighted by molar-refractivity contribution is -0.151. The fourth-order valence-electron chi connectivity index (χ4n) is 2.70. The van der Waals surface area contributed by atoms with Crippen LogP contribution in [0.4, 0.5) is 0 Å². The van der Waals surface area contributed by atoms with Gasteiger partial charge in [0.05, 0.1) is 19.8 Å². The molecule has 0 fully saturated rings. The maximum absolute atomic E-state index is 12.7. The Hall–Kier alpha value is -3.03. The maximum Gasteiger partial charge on any atom is 0.321 e. The number of rotatable bonds is 9. The summed E-state index contributed by atoms with van der Waals surface area (Å²) in [5.74, 6) is 0.339. The molecular formula is C22H24N2O5. The quantitative estimate of drug-likeness (QED) is 0.438. The van der Waals surface area contributed by atoms with E-state index in [2.05, 4.69) is 9.97 Å². The molecule has 0 radical (unpaired) electrons. The van der Waals surface area contributed by atoms with Crippen molar-refractivity contribution in [1.29, 1.82) is 0 Å². The third-order valence-corrected chi connectivity index (χ3v) is 4.34. The summed E-state index contributed by atoms with van der Waals surface area (Å²) in [4.78, 5) is 21.5. The second-order valence-electron chi connectivity index (χ2n) is 6.90. The molecule has 0 bridgehead atoms. The molecule has 0 saturated carbocycles. The van der Waals surface area contributed by atoms with Crippen LogP contribution in [0.3, 0.4) is 0 Å². The Kier molecular flexibility index (Phi) is 6.74. The number of aromatic nitrogens is 2. The average molecular weight is 396 g/mol. The molecule has 152 valence electrons. The maximum atomic E-state index is 12.7. The normalized spacial score (nSPS) is 11.4. The van der Waals surface area contributed by atoms with Crippen molar-refractivity contribution in [2.75, 3.05) is 26.4 Å². The van der Waals surface area contributed by atoms with Gasteiger partial charge in [0.1, 0.15) is 17.7 Å². The predicted molar refractivity (Wildman–Crippen MR) is 107 cm³/mol. The minimum atomic E-state index is -1.10. The molecule has 0 spiro atoms. The number of nitrogens with zero attached hydrogens (tertiary/aromatic N) is 2. The first kappa shape index (κ1) is 20.7. The summed E-state index contributed by atoms with van der Waals surface area (Å²) in [6.07, 6.45) is 3.38. The summed E-state index contributed by atoms with van der Waals surface area (Å²) >= 11 is 0. The topological polar surface area (TPSA) is 94.7 Å². The van der Waals surface area contributed by atoms with Crippen molar-refractivity contribution < 1.29 is 23.8 Å². The van der Waals surface area contributed by atoms with Crippen molar-refractivity contribution in [3.8, 4) is 22.6 Å². The third-order valence-electron chi connectivity index (χ3n) is 4.34. The van der Waals surface area contributed by atoms with Crippen LogP contribution >= 0.6 is 0 Å². The van der Waals surface area contributed by atoms with Gasteiger partial charge in [-0.2, -0.15) is 0 Å². The van der Waals surface area contributed by atoms with E-state index in [1.165, 1.54) is 0 Å². The van der Waals surface area contributed by atoms with Crippen molar-refractivity contribution in [3.05, 3.63) is 60.7 Å². The summed E-state index contributed by atoms with van der Waals surface area (Å²) < 4.78 is 16.5. The van der Waals surface area contributed by atoms with Crippen molar-refractivity contribution in [1.82, 2.24) is 9.97 Å². The highest BCUT2D eigenvalue weighted by Gasteiger charge is 2.38. The van der Waals surface area contributed by atoms with Crippen LogP contribution in [0.25, 0.3) is 22.6 Å². The summed E-state index contributed by atoms with van der Waals surface area (Å²) in [5, 5.41) is 8.71. The van der Waals surface area contributed by atoms with Crippen LogP contribution in [0, 0.1) is 0 Å². The van der Waals surface area contributed by atoms with Gasteiger partial charge in [0.2, 0.25) is 5.89 Å². The van der Waals surface area contributed by atoms with E-state index in [0.717, 1.165) is 11.1 Å². The van der Waals surface area contributed by atoms with E-state index >= 15 is 0 Å². The number of oxazole rings is 1. The lowest BCUT2D eigenvalue weighted by Crippen LogP contribution is -2.32. The second kappa shape index (κ2) is 9.45. The fourth-order valence-corrected chi connectivity index (χ4v) is 2.70. The van der Waals surface area contributed by atoms with E-state index in [9.17, 15) is 4.79 Å². The van der Waals surface area contributed by atoms with Gasteiger partial charge in [0.25, 0.3) is 0 Å². The molecule has 0 aliphatic carbocycles. The molecule has 1 N–H and O–H groups in total. The highest BCUT2D eigenvalue weighted by molar-refractivity contribution is 5.82. The summed E-state index contributed by atoms with van der Waals surface area (Å²) in [6.45, 7) is 3.84. The van der Waals surface area contributed by atoms with Crippen LogP contribution in [0.1, 0.15) is 19.7 Å². The molecule has 0 aliphatic heterocycles. The van der Waals surface area contributed by atoms with E-state index in [-0.39, 0.29) is 32.3 Å². The number of hydrogen-bond acceptors (Lipinski definition) is 7. The number of carbonyl (C=O) groups is 1. The molecule has 0 amide bonds. The Morgan fingerprint density at radius 1 is 1.07 bits per heavy atom. The van der Waals surface area contributed by atoms with Crippen LogP contribution < -0.4 is 0 Å². The Morgan fingerprint density at radius 2 is 1.83 bits per heavy atom. The highest BCUT2D eigenvalue weighted by atomic mass is 16.6. The van der Waals surface area contributed by atoms with Crippen LogP contribution in [-0.2, 0) is 19.7 Å². The number of esters is 1. The predicted octanol–water partition coefficient (Wildman–Crippen LogP) is 3.23. The molecule has 0 unspecified atom stereocenters. The van der Waals surface area contributed by atoms with E-state index < -0.39 is 11.4 Å². The Labute approximate surface area is 169 Å². The SMILES string of the molecule is CC(C)(C(=O)OCCOCCO)c1nc(-c2ccccc2)c(-c2cccnc2)o1. The Morgan fingerprint density at radius 3 is 2.52 bits per heavy atom. The lowest BCUT2D eigenvalue weighted by Gasteiger charge is -2.18. The molecule has 7 heteroatoms. The van der Waals surface area contributed by atoms with E-state index in [1.54, 1.807) is 26.2 Å². The van der Waals surface area contributed by atoms with E-state index in [0.29, 0.717) is 11.5 Å². The Balaban J connectivity index is 1.89. The number of aliphatic hydroxyl groups excluding tert-OH is 1. The van der Waals surface area contributed by atoms with Gasteiger partial charge in [0, 0.05) is 23.5 Å². The first-order valence-electron chi connectivity index (χ1n) is 9.37. The zero-order valence-corrected chi connectivity index (χ0v) is 16.5. The van der Waals surface area contributed by atoms with Crippen LogP contribution in [-0.4, -0.2) is 47.5 Å². The first-order chi connectivity index (χ1) is 14.0. The molecule has 2 aromatic heterocycles. The zero-order valence-electron chi connectivity index (χ0n) is 16.5. The largest absolute Gasteiger partial charge is 0.462 e. The monoisotopic (exact) mass is 396 g/mol. The second-order valence-corrected chi connectivity index (χ2v) is 6.90. The van der Waals surface area contributed by atoms with Crippen molar-refractivity contribution >= 4 is 5.97 Å². The standard InChI is InChI=1S/C22H24N2O5/c1-22(2,21(26)28-14-13-27-12-11-25)20-24-18(16-7-4-3-5-8-16)19(29-20)17-9-6-10-23-15-17/h3-10,15,25H,11-14H2,1-2H3. The van der Waals surface area contributed by atoms with Gasteiger partial charge in [-0.15, -0.1) is 0 Å². The minimum Gasteiger partial charge on any atom is -0.462 e. The molecule has 7 nitrogen and oxygen atoms in total. The van der Waals surface area contributed by atoms with Gasteiger partial charge < -0.3 is 19.0 Å². The van der Waals surface area contributed by atoms with Gasteiger partial charge in [0.15, 0.2) is 5.76 Å². The van der Waals surface area contributed by atoms with E-state index in [4.69, 9.17) is 19.0 Å². The molecule has 29 heavy (non-hydrogen) atoms. The molecule has 0 saturated heterocycles. The minimum absolute atomic E-state index is 0.0743. The van der Waals surface area contributed by atoms with Crippen LogP contribution in [0.15, 0.2) is 59.3 Å². The lowest BCUT2D eigenvalue weighted by atomic mass is 9.94. The molecule has 1 aromatic carbocycles. The molecule has 0 atom stereocenters. The van der Waals surface area contributed by atoms with Gasteiger partial charge in [-0.05, 0) is 26.0 Å². The molecular weight excluding hydrogens is 372 g/mol. The summed E-state index contributed by atoms with van der Waals surface area (Å²) in [7, 11) is 0.